The summed E-state index contributed by atoms with van der Waals surface area (Å²) in [5.74, 6) is 0.339. The van der Waals surface area contributed by atoms with E-state index in [1.54, 1.807) is 24.3 Å². The lowest BCUT2D eigenvalue weighted by Gasteiger charge is -2.09. The molecule has 1 amide bonds. The van der Waals surface area contributed by atoms with E-state index in [2.05, 4.69) is 19.2 Å². The first-order valence-corrected chi connectivity index (χ1v) is 7.33. The van der Waals surface area contributed by atoms with E-state index in [0.29, 0.717) is 23.8 Å². The van der Waals surface area contributed by atoms with Crippen LogP contribution in [0.4, 0.5) is 10.1 Å². The standard InChI is InChI=1S/C17H17ClFNO2/c1-11(2)10-22-14-6-3-12(4-7-14)17(21)20-13-5-8-16(19)15(18)9-13/h3-9,11H,10H2,1-2H3,(H,20,21). The molecule has 3 nitrogen and oxygen atoms in total. The highest BCUT2D eigenvalue weighted by atomic mass is 35.5. The second-order valence-electron chi connectivity index (χ2n) is 5.31. The molecule has 0 atom stereocenters. The van der Waals surface area contributed by atoms with E-state index >= 15 is 0 Å². The van der Waals surface area contributed by atoms with Crippen molar-refractivity contribution >= 4 is 23.2 Å². The maximum Gasteiger partial charge on any atom is 0.255 e. The summed E-state index contributed by atoms with van der Waals surface area (Å²) in [6, 6.07) is 10.9. The zero-order valence-corrected chi connectivity index (χ0v) is 13.2. The average molecular weight is 322 g/mol. The molecule has 5 heteroatoms. The molecule has 0 aliphatic rings. The van der Waals surface area contributed by atoms with Crippen molar-refractivity contribution < 1.29 is 13.9 Å². The van der Waals surface area contributed by atoms with Gasteiger partial charge in [0.2, 0.25) is 0 Å². The minimum Gasteiger partial charge on any atom is -0.493 e. The number of amides is 1. The highest BCUT2D eigenvalue weighted by Crippen LogP contribution is 2.20. The summed E-state index contributed by atoms with van der Waals surface area (Å²) in [5.41, 5.74) is 0.925. The molecule has 2 rings (SSSR count). The van der Waals surface area contributed by atoms with E-state index in [-0.39, 0.29) is 10.9 Å². The van der Waals surface area contributed by atoms with Crippen molar-refractivity contribution in [3.63, 3.8) is 0 Å². The molecule has 0 heterocycles. The first-order chi connectivity index (χ1) is 10.5. The molecular weight excluding hydrogens is 305 g/mol. The van der Waals surface area contributed by atoms with Crippen LogP contribution in [0.3, 0.4) is 0 Å². The molecule has 22 heavy (non-hydrogen) atoms. The quantitative estimate of drug-likeness (QED) is 0.861. The van der Waals surface area contributed by atoms with Crippen LogP contribution >= 0.6 is 11.6 Å². The Labute approximate surface area is 134 Å². The molecule has 2 aromatic carbocycles. The smallest absolute Gasteiger partial charge is 0.255 e. The molecule has 0 aliphatic carbocycles. The first kappa shape index (κ1) is 16.3. The summed E-state index contributed by atoms with van der Waals surface area (Å²) in [6.07, 6.45) is 0. The molecule has 116 valence electrons. The van der Waals surface area contributed by atoms with Gasteiger partial charge in [-0.05, 0) is 48.4 Å². The molecule has 0 fully saturated rings. The predicted molar refractivity (Wildman–Crippen MR) is 86.1 cm³/mol. The number of carbonyl (C=O) groups is 1. The Morgan fingerprint density at radius 3 is 2.50 bits per heavy atom. The summed E-state index contributed by atoms with van der Waals surface area (Å²) in [4.78, 5) is 12.1. The van der Waals surface area contributed by atoms with Crippen molar-refractivity contribution in [1.82, 2.24) is 0 Å². The Hall–Kier alpha value is -2.07. The number of anilines is 1. The van der Waals surface area contributed by atoms with Crippen molar-refractivity contribution in [3.8, 4) is 5.75 Å². The van der Waals surface area contributed by atoms with Crippen molar-refractivity contribution in [2.45, 2.75) is 13.8 Å². The SMILES string of the molecule is CC(C)COc1ccc(C(=O)Nc2ccc(F)c(Cl)c2)cc1. The number of rotatable bonds is 5. The van der Waals surface area contributed by atoms with Crippen LogP contribution < -0.4 is 10.1 Å². The predicted octanol–water partition coefficient (Wildman–Crippen LogP) is 4.77. The summed E-state index contributed by atoms with van der Waals surface area (Å²) in [7, 11) is 0. The Balaban J connectivity index is 2.01. The third kappa shape index (κ3) is 4.46. The minimum absolute atomic E-state index is 0.0322. The van der Waals surface area contributed by atoms with Gasteiger partial charge in [0.15, 0.2) is 0 Å². The van der Waals surface area contributed by atoms with E-state index in [4.69, 9.17) is 16.3 Å². The summed E-state index contributed by atoms with van der Waals surface area (Å²) >= 11 is 5.68. The maximum absolute atomic E-state index is 13.1. The van der Waals surface area contributed by atoms with Crippen LogP contribution in [0.15, 0.2) is 42.5 Å². The van der Waals surface area contributed by atoms with Crippen LogP contribution in [0.1, 0.15) is 24.2 Å². The van der Waals surface area contributed by atoms with Gasteiger partial charge >= 0.3 is 0 Å². The number of carbonyl (C=O) groups excluding carboxylic acids is 1. The maximum atomic E-state index is 13.1. The Kier molecular flexibility index (Phi) is 5.39. The number of ether oxygens (including phenoxy) is 1. The van der Waals surface area contributed by atoms with E-state index in [1.807, 2.05) is 0 Å². The van der Waals surface area contributed by atoms with Crippen molar-refractivity contribution in [2.24, 2.45) is 5.92 Å². The largest absolute Gasteiger partial charge is 0.493 e. The third-order valence-corrected chi connectivity index (χ3v) is 3.17. The Morgan fingerprint density at radius 2 is 1.91 bits per heavy atom. The van der Waals surface area contributed by atoms with E-state index in [9.17, 15) is 9.18 Å². The van der Waals surface area contributed by atoms with Gasteiger partial charge in [-0.3, -0.25) is 4.79 Å². The van der Waals surface area contributed by atoms with Crippen LogP contribution in [-0.2, 0) is 0 Å². The number of halogens is 2. The molecule has 0 aromatic heterocycles. The van der Waals surface area contributed by atoms with Gasteiger partial charge in [-0.2, -0.15) is 0 Å². The van der Waals surface area contributed by atoms with Gasteiger partial charge in [0.1, 0.15) is 11.6 Å². The third-order valence-electron chi connectivity index (χ3n) is 2.88. The van der Waals surface area contributed by atoms with Gasteiger partial charge < -0.3 is 10.1 Å². The molecule has 0 unspecified atom stereocenters. The van der Waals surface area contributed by atoms with Crippen molar-refractivity contribution in [1.29, 1.82) is 0 Å². The molecule has 1 N–H and O–H groups in total. The van der Waals surface area contributed by atoms with E-state index < -0.39 is 5.82 Å². The Morgan fingerprint density at radius 1 is 1.23 bits per heavy atom. The highest BCUT2D eigenvalue weighted by Gasteiger charge is 2.08. The van der Waals surface area contributed by atoms with Crippen LogP contribution in [-0.4, -0.2) is 12.5 Å². The molecule has 0 bridgehead atoms. The lowest BCUT2D eigenvalue weighted by atomic mass is 10.2. The zero-order chi connectivity index (χ0) is 16.1. The topological polar surface area (TPSA) is 38.3 Å². The number of hydrogen-bond donors (Lipinski definition) is 1. The van der Waals surface area contributed by atoms with E-state index in [1.165, 1.54) is 18.2 Å². The number of hydrogen-bond acceptors (Lipinski definition) is 2. The second kappa shape index (κ2) is 7.27. The fourth-order valence-corrected chi connectivity index (χ4v) is 1.92. The van der Waals surface area contributed by atoms with Crippen LogP contribution in [0.5, 0.6) is 5.75 Å². The molecule has 0 radical (unpaired) electrons. The lowest BCUT2D eigenvalue weighted by molar-refractivity contribution is 0.102. The first-order valence-electron chi connectivity index (χ1n) is 6.95. The summed E-state index contributed by atoms with van der Waals surface area (Å²) in [5, 5.41) is 2.63. The van der Waals surface area contributed by atoms with Crippen molar-refractivity contribution in [2.75, 3.05) is 11.9 Å². The Bertz CT molecular complexity index is 656. The zero-order valence-electron chi connectivity index (χ0n) is 12.4. The van der Waals surface area contributed by atoms with Gasteiger partial charge in [-0.1, -0.05) is 25.4 Å². The minimum atomic E-state index is -0.522. The van der Waals surface area contributed by atoms with Gasteiger partial charge in [0.05, 0.1) is 11.6 Å². The van der Waals surface area contributed by atoms with Crippen molar-refractivity contribution in [3.05, 3.63) is 58.9 Å². The fourth-order valence-electron chi connectivity index (χ4n) is 1.74. The molecular formula is C17H17ClFNO2. The van der Waals surface area contributed by atoms with Gasteiger partial charge in [0.25, 0.3) is 5.91 Å². The second-order valence-corrected chi connectivity index (χ2v) is 5.72. The van der Waals surface area contributed by atoms with Gasteiger partial charge in [-0.15, -0.1) is 0 Å². The molecule has 0 spiro atoms. The van der Waals surface area contributed by atoms with Crippen LogP contribution in [0.2, 0.25) is 5.02 Å². The molecule has 0 aliphatic heterocycles. The van der Waals surface area contributed by atoms with Crippen LogP contribution in [0, 0.1) is 11.7 Å². The lowest BCUT2D eigenvalue weighted by Crippen LogP contribution is -2.12. The number of nitrogens with one attached hydrogen (secondary N) is 1. The average Bonchev–Trinajstić information content (AvgIpc) is 2.49. The highest BCUT2D eigenvalue weighted by molar-refractivity contribution is 6.31. The normalized spacial score (nSPS) is 10.6. The van der Waals surface area contributed by atoms with Crippen LogP contribution in [0.25, 0.3) is 0 Å². The molecule has 0 saturated carbocycles. The summed E-state index contributed by atoms with van der Waals surface area (Å²) in [6.45, 7) is 4.75. The fraction of sp³-hybridized carbons (Fsp3) is 0.235. The van der Waals surface area contributed by atoms with Gasteiger partial charge in [-0.25, -0.2) is 4.39 Å². The van der Waals surface area contributed by atoms with E-state index in [0.717, 1.165) is 5.75 Å². The molecule has 0 saturated heterocycles. The molecule has 2 aromatic rings. The van der Waals surface area contributed by atoms with Gasteiger partial charge in [0, 0.05) is 11.3 Å². The number of benzene rings is 2. The monoisotopic (exact) mass is 321 g/mol. The summed E-state index contributed by atoms with van der Waals surface area (Å²) < 4.78 is 18.6.